The molecule has 0 bridgehead atoms. The average molecular weight is 419 g/mol. The summed E-state index contributed by atoms with van der Waals surface area (Å²) in [6.07, 6.45) is 1.82. The summed E-state index contributed by atoms with van der Waals surface area (Å²) >= 11 is 0. The monoisotopic (exact) mass is 418 g/mol. The number of hydrogen-bond donors (Lipinski definition) is 1. The van der Waals surface area contributed by atoms with Crippen molar-refractivity contribution in [2.75, 3.05) is 7.05 Å². The quantitative estimate of drug-likeness (QED) is 0.467. The van der Waals surface area contributed by atoms with Crippen LogP contribution in [-0.4, -0.2) is 33.7 Å². The third kappa shape index (κ3) is 3.61. The van der Waals surface area contributed by atoms with Crippen LogP contribution in [0.2, 0.25) is 0 Å². The summed E-state index contributed by atoms with van der Waals surface area (Å²) in [5.41, 5.74) is 1.49. The molecule has 1 fully saturated rings. The van der Waals surface area contributed by atoms with Crippen molar-refractivity contribution in [1.82, 2.24) is 14.6 Å². The SMILES string of the molecule is CN=Nc1c(C#N)c(C(=O)OC2C(C)CC(C)CC2C)c2[nH]nc(-c3ccccc3)n12. The second-order valence-corrected chi connectivity index (χ2v) is 8.48. The first-order valence-electron chi connectivity index (χ1n) is 10.5. The molecule has 0 amide bonds. The Morgan fingerprint density at radius 1 is 1.23 bits per heavy atom. The fraction of sp³-hybridized carbons (Fsp3) is 0.435. The maximum atomic E-state index is 13.3. The van der Waals surface area contributed by atoms with Gasteiger partial charge >= 0.3 is 5.97 Å². The van der Waals surface area contributed by atoms with Gasteiger partial charge in [0.15, 0.2) is 17.3 Å². The number of aromatic nitrogens is 3. The molecule has 1 aliphatic carbocycles. The zero-order valence-corrected chi connectivity index (χ0v) is 18.2. The fourth-order valence-electron chi connectivity index (χ4n) is 4.91. The minimum Gasteiger partial charge on any atom is -0.458 e. The van der Waals surface area contributed by atoms with Crippen LogP contribution in [0.5, 0.6) is 0 Å². The summed E-state index contributed by atoms with van der Waals surface area (Å²) in [6, 6.07) is 11.6. The molecule has 3 aromatic rings. The van der Waals surface area contributed by atoms with Gasteiger partial charge in [0.2, 0.25) is 0 Å². The van der Waals surface area contributed by atoms with Crippen molar-refractivity contribution in [2.45, 2.75) is 39.7 Å². The summed E-state index contributed by atoms with van der Waals surface area (Å²) in [5.74, 6) is 1.38. The van der Waals surface area contributed by atoms with Gasteiger partial charge in [0, 0.05) is 12.6 Å². The van der Waals surface area contributed by atoms with Gasteiger partial charge in [-0.1, -0.05) is 51.1 Å². The van der Waals surface area contributed by atoms with E-state index in [2.05, 4.69) is 47.3 Å². The second-order valence-electron chi connectivity index (χ2n) is 8.48. The maximum Gasteiger partial charge on any atom is 0.343 e. The number of azo groups is 1. The Morgan fingerprint density at radius 2 is 1.90 bits per heavy atom. The maximum absolute atomic E-state index is 13.3. The highest BCUT2D eigenvalue weighted by molar-refractivity contribution is 6.02. The number of H-pyrrole nitrogens is 1. The highest BCUT2D eigenvalue weighted by Crippen LogP contribution is 2.38. The van der Waals surface area contributed by atoms with Crippen molar-refractivity contribution in [2.24, 2.45) is 28.0 Å². The molecule has 1 N–H and O–H groups in total. The molecular formula is C23H26N6O2. The Bertz CT molecular complexity index is 1160. The molecule has 1 aromatic carbocycles. The van der Waals surface area contributed by atoms with Crippen molar-refractivity contribution in [1.29, 1.82) is 5.26 Å². The van der Waals surface area contributed by atoms with E-state index in [0.29, 0.717) is 17.4 Å². The predicted octanol–water partition coefficient (Wildman–Crippen LogP) is 5.14. The van der Waals surface area contributed by atoms with E-state index >= 15 is 0 Å². The molecule has 0 spiro atoms. The summed E-state index contributed by atoms with van der Waals surface area (Å²) in [4.78, 5) is 13.3. The Hall–Kier alpha value is -3.47. The number of ether oxygens (including phenoxy) is 1. The summed E-state index contributed by atoms with van der Waals surface area (Å²) in [6.45, 7) is 6.46. The molecule has 4 rings (SSSR count). The molecule has 2 atom stereocenters. The first-order chi connectivity index (χ1) is 15.0. The van der Waals surface area contributed by atoms with Gasteiger partial charge in [-0.3, -0.25) is 9.50 Å². The number of fused-ring (bicyclic) bond motifs is 1. The van der Waals surface area contributed by atoms with Gasteiger partial charge in [-0.2, -0.15) is 15.5 Å². The first kappa shape index (κ1) is 20.8. The summed E-state index contributed by atoms with van der Waals surface area (Å²) < 4.78 is 7.64. The minimum absolute atomic E-state index is 0.130. The molecule has 8 nitrogen and oxygen atoms in total. The van der Waals surface area contributed by atoms with Crippen molar-refractivity contribution in [3.05, 3.63) is 41.5 Å². The Kier molecular flexibility index (Phi) is 5.59. The van der Waals surface area contributed by atoms with Crippen molar-refractivity contribution in [3.63, 3.8) is 0 Å². The van der Waals surface area contributed by atoms with E-state index in [1.807, 2.05) is 30.3 Å². The zero-order valence-electron chi connectivity index (χ0n) is 18.2. The number of carbonyl (C=O) groups is 1. The molecule has 0 aliphatic heterocycles. The van der Waals surface area contributed by atoms with Gasteiger partial charge in [-0.25, -0.2) is 4.79 Å². The van der Waals surface area contributed by atoms with E-state index in [4.69, 9.17) is 4.74 Å². The molecule has 2 heterocycles. The molecular weight excluding hydrogens is 392 g/mol. The standard InChI is InChI=1S/C23H26N6O2/c1-13-10-14(2)19(15(3)11-13)31-23(30)18-17(12-24)21(26-25-4)29-20(27-28-22(18)29)16-8-6-5-7-9-16/h5-9,13-15,19,28H,10-11H2,1-4H3. The van der Waals surface area contributed by atoms with E-state index in [1.165, 1.54) is 7.05 Å². The fourth-order valence-corrected chi connectivity index (χ4v) is 4.91. The van der Waals surface area contributed by atoms with Crippen LogP contribution in [0.15, 0.2) is 40.6 Å². The van der Waals surface area contributed by atoms with Gasteiger partial charge in [0.25, 0.3) is 0 Å². The summed E-state index contributed by atoms with van der Waals surface area (Å²) in [7, 11) is 1.52. The number of hydrogen-bond acceptors (Lipinski definition) is 6. The number of nitriles is 1. The van der Waals surface area contributed by atoms with E-state index in [1.54, 1.807) is 4.40 Å². The molecule has 8 heteroatoms. The minimum atomic E-state index is -0.534. The molecule has 160 valence electrons. The van der Waals surface area contributed by atoms with Crippen LogP contribution in [0.4, 0.5) is 5.82 Å². The predicted molar refractivity (Wildman–Crippen MR) is 116 cm³/mol. The molecule has 1 aliphatic rings. The lowest BCUT2D eigenvalue weighted by atomic mass is 9.75. The molecule has 0 radical (unpaired) electrons. The Labute approximate surface area is 180 Å². The van der Waals surface area contributed by atoms with E-state index in [9.17, 15) is 10.1 Å². The largest absolute Gasteiger partial charge is 0.458 e. The first-order valence-corrected chi connectivity index (χ1v) is 10.5. The number of carbonyl (C=O) groups excluding carboxylic acids is 1. The van der Waals surface area contributed by atoms with Crippen LogP contribution in [-0.2, 0) is 4.74 Å². The number of nitrogens with one attached hydrogen (secondary N) is 1. The van der Waals surface area contributed by atoms with E-state index in [0.717, 1.165) is 18.4 Å². The van der Waals surface area contributed by atoms with Crippen LogP contribution in [0, 0.1) is 29.1 Å². The number of aromatic amines is 1. The van der Waals surface area contributed by atoms with Crippen molar-refractivity contribution in [3.8, 4) is 17.5 Å². The molecule has 1 saturated carbocycles. The molecule has 2 aromatic heterocycles. The number of nitrogens with zero attached hydrogens (tertiary/aromatic N) is 5. The summed E-state index contributed by atoms with van der Waals surface area (Å²) in [5, 5.41) is 25.2. The Morgan fingerprint density at radius 3 is 2.52 bits per heavy atom. The van der Waals surface area contributed by atoms with Gasteiger partial charge in [0.1, 0.15) is 23.3 Å². The zero-order chi connectivity index (χ0) is 22.1. The molecule has 31 heavy (non-hydrogen) atoms. The molecule has 0 saturated heterocycles. The van der Waals surface area contributed by atoms with E-state index in [-0.39, 0.29) is 34.9 Å². The highest BCUT2D eigenvalue weighted by atomic mass is 16.5. The lowest BCUT2D eigenvalue weighted by Crippen LogP contribution is -2.37. The van der Waals surface area contributed by atoms with Crippen LogP contribution in [0.1, 0.15) is 49.5 Å². The van der Waals surface area contributed by atoms with Crippen LogP contribution in [0.25, 0.3) is 17.0 Å². The van der Waals surface area contributed by atoms with Crippen LogP contribution < -0.4 is 0 Å². The second kappa shape index (κ2) is 8.34. The van der Waals surface area contributed by atoms with Crippen LogP contribution in [0.3, 0.4) is 0 Å². The number of benzene rings is 1. The van der Waals surface area contributed by atoms with Gasteiger partial charge in [-0.15, -0.1) is 5.11 Å². The average Bonchev–Trinajstić information content (AvgIpc) is 3.30. The van der Waals surface area contributed by atoms with Gasteiger partial charge in [0.05, 0.1) is 0 Å². The number of esters is 1. The Balaban J connectivity index is 1.82. The van der Waals surface area contributed by atoms with Gasteiger partial charge < -0.3 is 4.74 Å². The van der Waals surface area contributed by atoms with Crippen LogP contribution >= 0.6 is 0 Å². The van der Waals surface area contributed by atoms with Crippen molar-refractivity contribution >= 4 is 17.4 Å². The lowest BCUT2D eigenvalue weighted by Gasteiger charge is -2.37. The topological polar surface area (TPSA) is 108 Å². The van der Waals surface area contributed by atoms with Crippen molar-refractivity contribution < 1.29 is 9.53 Å². The highest BCUT2D eigenvalue weighted by Gasteiger charge is 2.36. The van der Waals surface area contributed by atoms with Gasteiger partial charge in [-0.05, 0) is 30.6 Å². The third-order valence-corrected chi connectivity index (χ3v) is 6.08. The third-order valence-electron chi connectivity index (χ3n) is 6.08. The molecule has 2 unspecified atom stereocenters. The van der Waals surface area contributed by atoms with E-state index < -0.39 is 5.97 Å². The normalized spacial score (nSPS) is 23.8. The lowest BCUT2D eigenvalue weighted by molar-refractivity contribution is -0.0250. The number of rotatable bonds is 4. The smallest absolute Gasteiger partial charge is 0.343 e.